The molecule has 0 spiro atoms. The molecule has 0 N–H and O–H groups in total. The summed E-state index contributed by atoms with van der Waals surface area (Å²) in [5.74, 6) is 0. The zero-order chi connectivity index (χ0) is 32.2. The van der Waals surface area contributed by atoms with Gasteiger partial charge in [-0.15, -0.1) is 0 Å². The average molecular weight is 611 g/mol. The van der Waals surface area contributed by atoms with Gasteiger partial charge in [0.2, 0.25) is 0 Å². The van der Waals surface area contributed by atoms with E-state index in [1.54, 1.807) is 0 Å². The van der Waals surface area contributed by atoms with E-state index in [-0.39, 0.29) is 0 Å². The van der Waals surface area contributed by atoms with Crippen LogP contribution < -0.4 is 0 Å². The standard InChI is InChI=1S/C44H26N4/c45-27-31-26-40(30-12-10-14-34(24-30)48-43-21-7-3-17-37(43)38-18-4-8-22-44(38)48)32(28-46)25-39(31)29-11-9-13-33(23-29)47-41-19-5-1-15-35(41)36-16-2-6-20-42(36)47/h1-26H. The maximum atomic E-state index is 10.4. The van der Waals surface area contributed by atoms with Crippen LogP contribution in [0.4, 0.5) is 0 Å². The minimum Gasteiger partial charge on any atom is -0.309 e. The second-order valence-electron chi connectivity index (χ2n) is 12.0. The van der Waals surface area contributed by atoms with Crippen molar-refractivity contribution in [3.63, 3.8) is 0 Å². The molecule has 9 rings (SSSR count). The summed E-state index contributed by atoms with van der Waals surface area (Å²) in [4.78, 5) is 0. The average Bonchev–Trinajstić information content (AvgIpc) is 3.67. The van der Waals surface area contributed by atoms with Crippen LogP contribution in [0.3, 0.4) is 0 Å². The van der Waals surface area contributed by atoms with Gasteiger partial charge in [-0.3, -0.25) is 0 Å². The predicted octanol–water partition coefficient (Wildman–Crippen LogP) is 11.0. The first-order valence-corrected chi connectivity index (χ1v) is 15.9. The number of hydrogen-bond donors (Lipinski definition) is 0. The third-order valence-corrected chi connectivity index (χ3v) is 9.39. The van der Waals surface area contributed by atoms with E-state index in [1.807, 2.05) is 36.4 Å². The fourth-order valence-corrected chi connectivity index (χ4v) is 7.29. The SMILES string of the molecule is N#Cc1cc(-c2cccc(-n3c4ccccc4c4ccccc43)c2)c(C#N)cc1-c1cccc(-n2c3ccccc3c3ccccc32)c1. The van der Waals surface area contributed by atoms with Crippen molar-refractivity contribution in [2.45, 2.75) is 0 Å². The molecular formula is C44H26N4. The Morgan fingerprint density at radius 2 is 0.688 bits per heavy atom. The summed E-state index contributed by atoms with van der Waals surface area (Å²) >= 11 is 0. The van der Waals surface area contributed by atoms with Crippen molar-refractivity contribution in [2.24, 2.45) is 0 Å². The van der Waals surface area contributed by atoms with Crippen LogP contribution in [-0.2, 0) is 0 Å². The molecule has 0 aliphatic heterocycles. The smallest absolute Gasteiger partial charge is 0.0998 e. The van der Waals surface area contributed by atoms with Crippen LogP contribution in [0, 0.1) is 22.7 Å². The Morgan fingerprint density at radius 3 is 1.02 bits per heavy atom. The van der Waals surface area contributed by atoms with Crippen LogP contribution >= 0.6 is 0 Å². The Kier molecular flexibility index (Phi) is 6.22. The highest BCUT2D eigenvalue weighted by Gasteiger charge is 2.17. The van der Waals surface area contributed by atoms with E-state index in [4.69, 9.17) is 0 Å². The first kappa shape index (κ1) is 27.4. The molecule has 2 heterocycles. The first-order chi connectivity index (χ1) is 23.7. The minimum atomic E-state index is 0.519. The zero-order valence-corrected chi connectivity index (χ0v) is 25.8. The Morgan fingerprint density at radius 1 is 0.354 bits per heavy atom. The molecule has 2 aromatic heterocycles. The van der Waals surface area contributed by atoms with Crippen LogP contribution in [0.1, 0.15) is 11.1 Å². The number of rotatable bonds is 4. The molecule has 0 saturated heterocycles. The zero-order valence-electron chi connectivity index (χ0n) is 25.8. The Bertz CT molecular complexity index is 2520. The molecule has 222 valence electrons. The van der Waals surface area contributed by atoms with Gasteiger partial charge in [-0.1, -0.05) is 97.1 Å². The van der Waals surface area contributed by atoms with Crippen molar-refractivity contribution in [3.8, 4) is 45.8 Å². The van der Waals surface area contributed by atoms with E-state index in [0.29, 0.717) is 11.1 Å². The van der Waals surface area contributed by atoms with Crippen molar-refractivity contribution < 1.29 is 0 Å². The molecule has 9 aromatic rings. The lowest BCUT2D eigenvalue weighted by molar-refractivity contribution is 1.18. The predicted molar refractivity (Wildman–Crippen MR) is 195 cm³/mol. The third kappa shape index (κ3) is 4.14. The fraction of sp³-hybridized carbons (Fsp3) is 0. The van der Waals surface area contributed by atoms with Gasteiger partial charge in [0.15, 0.2) is 0 Å². The van der Waals surface area contributed by atoms with Gasteiger partial charge in [0.05, 0.1) is 45.3 Å². The number of benzene rings is 7. The summed E-state index contributed by atoms with van der Waals surface area (Å²) in [5.41, 5.74) is 10.7. The Labute approximate surface area is 277 Å². The number of nitrogens with zero attached hydrogens (tertiary/aromatic N) is 4. The maximum Gasteiger partial charge on any atom is 0.0998 e. The van der Waals surface area contributed by atoms with Crippen molar-refractivity contribution in [1.29, 1.82) is 10.5 Å². The van der Waals surface area contributed by atoms with E-state index in [9.17, 15) is 10.5 Å². The summed E-state index contributed by atoms with van der Waals surface area (Å²) in [6, 6.07) is 58.7. The first-order valence-electron chi connectivity index (χ1n) is 15.9. The van der Waals surface area contributed by atoms with Crippen LogP contribution in [0.5, 0.6) is 0 Å². The van der Waals surface area contributed by atoms with Crippen LogP contribution in [-0.4, -0.2) is 9.13 Å². The number of hydrogen-bond acceptors (Lipinski definition) is 2. The van der Waals surface area contributed by atoms with E-state index < -0.39 is 0 Å². The maximum absolute atomic E-state index is 10.4. The van der Waals surface area contributed by atoms with E-state index >= 15 is 0 Å². The summed E-state index contributed by atoms with van der Waals surface area (Å²) in [5, 5.41) is 25.7. The highest BCUT2D eigenvalue weighted by atomic mass is 15.0. The molecule has 0 saturated carbocycles. The highest BCUT2D eigenvalue weighted by molar-refractivity contribution is 6.10. The number of fused-ring (bicyclic) bond motifs is 6. The molecule has 48 heavy (non-hydrogen) atoms. The fourth-order valence-electron chi connectivity index (χ4n) is 7.29. The lowest BCUT2D eigenvalue weighted by Crippen LogP contribution is -1.97. The molecule has 0 aliphatic rings. The van der Waals surface area contributed by atoms with Gasteiger partial charge >= 0.3 is 0 Å². The molecule has 0 unspecified atom stereocenters. The quantitative estimate of drug-likeness (QED) is 0.199. The van der Waals surface area contributed by atoms with Gasteiger partial charge in [0.25, 0.3) is 0 Å². The molecule has 0 aliphatic carbocycles. The van der Waals surface area contributed by atoms with Gasteiger partial charge in [-0.2, -0.15) is 10.5 Å². The lowest BCUT2D eigenvalue weighted by atomic mass is 9.91. The van der Waals surface area contributed by atoms with Crippen molar-refractivity contribution in [3.05, 3.63) is 169 Å². The van der Waals surface area contributed by atoms with E-state index in [1.165, 1.54) is 21.5 Å². The largest absolute Gasteiger partial charge is 0.309 e. The monoisotopic (exact) mass is 610 g/mol. The molecule has 0 atom stereocenters. The van der Waals surface area contributed by atoms with Crippen molar-refractivity contribution in [1.82, 2.24) is 9.13 Å². The topological polar surface area (TPSA) is 57.4 Å². The molecule has 7 aromatic carbocycles. The summed E-state index contributed by atoms with van der Waals surface area (Å²) < 4.78 is 4.53. The van der Waals surface area contributed by atoms with Crippen LogP contribution in [0.25, 0.3) is 77.2 Å². The van der Waals surface area contributed by atoms with E-state index in [0.717, 1.165) is 55.7 Å². The Balaban J connectivity index is 1.19. The lowest BCUT2D eigenvalue weighted by Gasteiger charge is -2.14. The van der Waals surface area contributed by atoms with E-state index in [2.05, 4.69) is 143 Å². The van der Waals surface area contributed by atoms with Gasteiger partial charge in [0.1, 0.15) is 0 Å². The molecule has 0 amide bonds. The summed E-state index contributed by atoms with van der Waals surface area (Å²) in [6.45, 7) is 0. The molecule has 0 bridgehead atoms. The van der Waals surface area contributed by atoms with Crippen LogP contribution in [0.2, 0.25) is 0 Å². The molecule has 0 radical (unpaired) electrons. The number of para-hydroxylation sites is 4. The molecule has 0 fully saturated rings. The van der Waals surface area contributed by atoms with Crippen LogP contribution in [0.15, 0.2) is 158 Å². The van der Waals surface area contributed by atoms with Gasteiger partial charge in [-0.05, 0) is 71.8 Å². The minimum absolute atomic E-state index is 0.519. The Hall–Kier alpha value is -6.88. The number of aromatic nitrogens is 2. The number of nitriles is 2. The summed E-state index contributed by atoms with van der Waals surface area (Å²) in [7, 11) is 0. The third-order valence-electron chi connectivity index (χ3n) is 9.39. The van der Waals surface area contributed by atoms with Crippen molar-refractivity contribution in [2.75, 3.05) is 0 Å². The van der Waals surface area contributed by atoms with Crippen molar-refractivity contribution >= 4 is 43.6 Å². The van der Waals surface area contributed by atoms with Gasteiger partial charge in [0, 0.05) is 44.0 Å². The normalized spacial score (nSPS) is 11.3. The second-order valence-corrected chi connectivity index (χ2v) is 12.0. The second kappa shape index (κ2) is 10.9. The molecular weight excluding hydrogens is 585 g/mol. The molecule has 4 heteroatoms. The highest BCUT2D eigenvalue weighted by Crippen LogP contribution is 2.37. The molecule has 4 nitrogen and oxygen atoms in total. The van der Waals surface area contributed by atoms with Gasteiger partial charge in [-0.25, -0.2) is 0 Å². The summed E-state index contributed by atoms with van der Waals surface area (Å²) in [6.07, 6.45) is 0. The van der Waals surface area contributed by atoms with Gasteiger partial charge < -0.3 is 9.13 Å².